The fourth-order valence-electron chi connectivity index (χ4n) is 2.56. The number of aliphatic hydroxyl groups is 1. The maximum atomic E-state index is 11.6. The molecule has 1 N–H and O–H groups in total. The van der Waals surface area contributed by atoms with Gasteiger partial charge in [-0.15, -0.1) is 0 Å². The van der Waals surface area contributed by atoms with Crippen LogP contribution in [-0.2, 0) is 14.3 Å². The molecule has 27 heavy (non-hydrogen) atoms. The largest absolute Gasteiger partial charge is 0.457 e. The van der Waals surface area contributed by atoms with Gasteiger partial charge in [0.1, 0.15) is 6.10 Å². The van der Waals surface area contributed by atoms with E-state index < -0.39 is 6.10 Å². The third-order valence-electron chi connectivity index (χ3n) is 4.11. The zero-order valence-corrected chi connectivity index (χ0v) is 17.4. The molecule has 156 valence electrons. The Morgan fingerprint density at radius 1 is 0.889 bits per heavy atom. The molecular weight excluding hydrogens is 340 g/mol. The average molecular weight is 381 g/mol. The van der Waals surface area contributed by atoms with Gasteiger partial charge in [0.25, 0.3) is 0 Å². The molecule has 0 radical (unpaired) electrons. The third-order valence-corrected chi connectivity index (χ3v) is 4.11. The van der Waals surface area contributed by atoms with Crippen LogP contribution in [0.25, 0.3) is 0 Å². The van der Waals surface area contributed by atoms with E-state index in [0.717, 1.165) is 38.5 Å². The number of carbonyl (C=O) groups excluding carboxylic acids is 1. The van der Waals surface area contributed by atoms with Gasteiger partial charge in [-0.1, -0.05) is 69.1 Å². The quantitative estimate of drug-likeness (QED) is 0.193. The number of ether oxygens (including phenoxy) is 2. The van der Waals surface area contributed by atoms with Crippen LogP contribution in [0.1, 0.15) is 77.6 Å². The van der Waals surface area contributed by atoms with E-state index in [9.17, 15) is 4.79 Å². The molecule has 0 aliphatic rings. The van der Waals surface area contributed by atoms with E-state index in [2.05, 4.69) is 43.4 Å². The zero-order chi connectivity index (χ0) is 20.0. The van der Waals surface area contributed by atoms with Crippen LogP contribution in [0.15, 0.2) is 36.5 Å². The van der Waals surface area contributed by atoms with Gasteiger partial charge in [-0.3, -0.25) is 4.79 Å². The Bertz CT molecular complexity index is 413. The molecule has 0 spiro atoms. The van der Waals surface area contributed by atoms with Crippen molar-refractivity contribution in [3.8, 4) is 0 Å². The van der Waals surface area contributed by atoms with Gasteiger partial charge >= 0.3 is 5.97 Å². The fourth-order valence-corrected chi connectivity index (χ4v) is 2.56. The molecule has 1 atom stereocenters. The van der Waals surface area contributed by atoms with Crippen molar-refractivity contribution in [3.05, 3.63) is 36.5 Å². The summed E-state index contributed by atoms with van der Waals surface area (Å²) in [6.07, 6.45) is 24.3. The molecule has 0 aliphatic carbocycles. The summed E-state index contributed by atoms with van der Waals surface area (Å²) in [5.74, 6) is -0.247. The molecule has 0 heterocycles. The highest BCUT2D eigenvalue weighted by Gasteiger charge is 2.12. The van der Waals surface area contributed by atoms with Gasteiger partial charge in [0.15, 0.2) is 0 Å². The summed E-state index contributed by atoms with van der Waals surface area (Å²) in [5.41, 5.74) is 0. The van der Waals surface area contributed by atoms with Gasteiger partial charge < -0.3 is 14.6 Å². The minimum atomic E-state index is -0.540. The van der Waals surface area contributed by atoms with E-state index in [-0.39, 0.29) is 19.2 Å². The SMILES string of the molecule is CCC/C=C\C/C=C\C/C=C\CCCCCCCC(=O)OC(CO)COC. The highest BCUT2D eigenvalue weighted by molar-refractivity contribution is 5.69. The number of aliphatic hydroxyl groups excluding tert-OH is 1. The van der Waals surface area contributed by atoms with Crippen LogP contribution in [-0.4, -0.2) is 37.5 Å². The molecule has 0 amide bonds. The lowest BCUT2D eigenvalue weighted by Crippen LogP contribution is -2.26. The van der Waals surface area contributed by atoms with E-state index in [0.29, 0.717) is 6.42 Å². The van der Waals surface area contributed by atoms with E-state index in [1.54, 1.807) is 0 Å². The number of unbranched alkanes of at least 4 members (excludes halogenated alkanes) is 6. The van der Waals surface area contributed by atoms with E-state index >= 15 is 0 Å². The van der Waals surface area contributed by atoms with Gasteiger partial charge in [0.2, 0.25) is 0 Å². The second-order valence-corrected chi connectivity index (χ2v) is 6.73. The first kappa shape index (κ1) is 25.6. The first-order valence-electron chi connectivity index (χ1n) is 10.5. The Balaban J connectivity index is 3.44. The summed E-state index contributed by atoms with van der Waals surface area (Å²) in [6.45, 7) is 2.24. The lowest BCUT2D eigenvalue weighted by Gasteiger charge is -2.14. The van der Waals surface area contributed by atoms with Crippen molar-refractivity contribution in [2.24, 2.45) is 0 Å². The van der Waals surface area contributed by atoms with Gasteiger partial charge in [-0.05, 0) is 38.5 Å². The van der Waals surface area contributed by atoms with Crippen molar-refractivity contribution < 1.29 is 19.4 Å². The maximum Gasteiger partial charge on any atom is 0.306 e. The Morgan fingerprint density at radius 3 is 2.11 bits per heavy atom. The van der Waals surface area contributed by atoms with Crippen LogP contribution in [0.2, 0.25) is 0 Å². The number of methoxy groups -OCH3 is 1. The second-order valence-electron chi connectivity index (χ2n) is 6.73. The number of hydrogen-bond acceptors (Lipinski definition) is 4. The van der Waals surface area contributed by atoms with Crippen molar-refractivity contribution >= 4 is 5.97 Å². The van der Waals surface area contributed by atoms with Crippen LogP contribution in [0.4, 0.5) is 0 Å². The summed E-state index contributed by atoms with van der Waals surface area (Å²) in [7, 11) is 1.52. The summed E-state index contributed by atoms with van der Waals surface area (Å²) >= 11 is 0. The number of carbonyl (C=O) groups is 1. The van der Waals surface area contributed by atoms with Gasteiger partial charge in [0.05, 0.1) is 13.2 Å². The molecular formula is C23H40O4. The Labute approximate surface area is 166 Å². The molecule has 0 aromatic rings. The normalized spacial score (nSPS) is 13.1. The van der Waals surface area contributed by atoms with E-state index in [4.69, 9.17) is 14.6 Å². The smallest absolute Gasteiger partial charge is 0.306 e. The van der Waals surface area contributed by atoms with Crippen LogP contribution in [0.5, 0.6) is 0 Å². The van der Waals surface area contributed by atoms with Crippen molar-refractivity contribution in [2.75, 3.05) is 20.3 Å². The van der Waals surface area contributed by atoms with Crippen LogP contribution >= 0.6 is 0 Å². The molecule has 0 bridgehead atoms. The second kappa shape index (κ2) is 20.9. The summed E-state index contributed by atoms with van der Waals surface area (Å²) in [6, 6.07) is 0. The highest BCUT2D eigenvalue weighted by Crippen LogP contribution is 2.09. The number of allylic oxidation sites excluding steroid dienone is 6. The molecule has 4 nitrogen and oxygen atoms in total. The summed E-state index contributed by atoms with van der Waals surface area (Å²) in [5, 5.41) is 9.05. The van der Waals surface area contributed by atoms with Crippen molar-refractivity contribution in [1.29, 1.82) is 0 Å². The minimum Gasteiger partial charge on any atom is -0.457 e. The van der Waals surface area contributed by atoms with Gasteiger partial charge in [-0.2, -0.15) is 0 Å². The fraction of sp³-hybridized carbons (Fsp3) is 0.696. The lowest BCUT2D eigenvalue weighted by molar-refractivity contribution is -0.154. The third kappa shape index (κ3) is 19.2. The van der Waals surface area contributed by atoms with Gasteiger partial charge in [0, 0.05) is 13.5 Å². The number of rotatable bonds is 18. The Hall–Kier alpha value is -1.39. The Morgan fingerprint density at radius 2 is 1.48 bits per heavy atom. The standard InChI is InChI=1S/C23H40O4/c1-3-4-5-6-7-8-9-10-11-12-13-14-15-16-17-18-19-23(25)27-22(20-24)21-26-2/h5-6,8-9,11-12,22,24H,3-4,7,10,13-21H2,1-2H3/b6-5-,9-8-,12-11-. The molecule has 0 fully saturated rings. The molecule has 1 unspecified atom stereocenters. The average Bonchev–Trinajstić information content (AvgIpc) is 2.67. The van der Waals surface area contributed by atoms with Crippen LogP contribution < -0.4 is 0 Å². The number of hydrogen-bond donors (Lipinski definition) is 1. The molecule has 0 saturated heterocycles. The van der Waals surface area contributed by atoms with Gasteiger partial charge in [-0.25, -0.2) is 0 Å². The van der Waals surface area contributed by atoms with E-state index in [1.165, 1.54) is 32.8 Å². The topological polar surface area (TPSA) is 55.8 Å². The molecule has 0 rings (SSSR count). The van der Waals surface area contributed by atoms with Crippen LogP contribution in [0, 0.1) is 0 Å². The first-order valence-corrected chi connectivity index (χ1v) is 10.5. The monoisotopic (exact) mass is 380 g/mol. The van der Waals surface area contributed by atoms with E-state index in [1.807, 2.05) is 0 Å². The summed E-state index contributed by atoms with van der Waals surface area (Å²) in [4.78, 5) is 11.6. The molecule has 0 aliphatic heterocycles. The molecule has 0 aromatic carbocycles. The highest BCUT2D eigenvalue weighted by atomic mass is 16.6. The molecule has 0 saturated carbocycles. The number of esters is 1. The Kier molecular flexibility index (Phi) is 19.8. The maximum absolute atomic E-state index is 11.6. The predicted octanol–water partition coefficient (Wildman–Crippen LogP) is 5.52. The molecule has 0 aromatic heterocycles. The van der Waals surface area contributed by atoms with Crippen LogP contribution in [0.3, 0.4) is 0 Å². The lowest BCUT2D eigenvalue weighted by atomic mass is 10.1. The van der Waals surface area contributed by atoms with Crippen molar-refractivity contribution in [3.63, 3.8) is 0 Å². The predicted molar refractivity (Wildman–Crippen MR) is 113 cm³/mol. The zero-order valence-electron chi connectivity index (χ0n) is 17.4. The van der Waals surface area contributed by atoms with Crippen molar-refractivity contribution in [1.82, 2.24) is 0 Å². The molecule has 4 heteroatoms. The minimum absolute atomic E-state index is 0.196. The first-order chi connectivity index (χ1) is 13.2. The van der Waals surface area contributed by atoms with Crippen molar-refractivity contribution in [2.45, 2.75) is 83.7 Å². The summed E-state index contributed by atoms with van der Waals surface area (Å²) < 4.78 is 10.0.